The number of amides is 2. The van der Waals surface area contributed by atoms with Crippen molar-refractivity contribution >= 4 is 11.8 Å². The standard InChI is InChI=1S/C15H21N3O2/c1-11(19)18-8-7-17(3)10-14(18)12-5-4-6-13(9-12)15(20)16-2/h4-6,9,14H,7-8,10H2,1-3H3,(H,16,20). The normalized spacial score (nSPS) is 19.8. The summed E-state index contributed by atoms with van der Waals surface area (Å²) >= 11 is 0. The van der Waals surface area contributed by atoms with Crippen LogP contribution in [0.3, 0.4) is 0 Å². The molecule has 5 heteroatoms. The highest BCUT2D eigenvalue weighted by atomic mass is 16.2. The SMILES string of the molecule is CNC(=O)c1cccc(C2CN(C)CCN2C(C)=O)c1. The summed E-state index contributed by atoms with van der Waals surface area (Å²) in [5.41, 5.74) is 1.63. The molecule has 1 aliphatic rings. The second-order valence-electron chi connectivity index (χ2n) is 5.20. The topological polar surface area (TPSA) is 52.7 Å². The summed E-state index contributed by atoms with van der Waals surface area (Å²) in [4.78, 5) is 27.6. The van der Waals surface area contributed by atoms with Crippen LogP contribution in [0.4, 0.5) is 0 Å². The minimum absolute atomic E-state index is 0.0101. The summed E-state index contributed by atoms with van der Waals surface area (Å²) in [7, 11) is 3.67. The molecule has 1 saturated heterocycles. The van der Waals surface area contributed by atoms with E-state index in [9.17, 15) is 9.59 Å². The van der Waals surface area contributed by atoms with E-state index >= 15 is 0 Å². The molecule has 0 radical (unpaired) electrons. The average Bonchev–Trinajstić information content (AvgIpc) is 2.46. The number of likely N-dealkylation sites (N-methyl/N-ethyl adjacent to an activating group) is 1. The number of nitrogens with one attached hydrogen (secondary N) is 1. The molecular weight excluding hydrogens is 254 g/mol. The lowest BCUT2D eigenvalue weighted by atomic mass is 10.00. The van der Waals surface area contributed by atoms with E-state index in [1.54, 1.807) is 20.0 Å². The second kappa shape index (κ2) is 6.05. The number of benzene rings is 1. The van der Waals surface area contributed by atoms with Gasteiger partial charge in [-0.1, -0.05) is 12.1 Å². The van der Waals surface area contributed by atoms with E-state index in [1.165, 1.54) is 0 Å². The number of nitrogens with zero attached hydrogens (tertiary/aromatic N) is 2. The average molecular weight is 275 g/mol. The van der Waals surface area contributed by atoms with Crippen LogP contribution in [0.5, 0.6) is 0 Å². The zero-order valence-corrected chi connectivity index (χ0v) is 12.2. The van der Waals surface area contributed by atoms with Gasteiger partial charge in [-0.15, -0.1) is 0 Å². The Morgan fingerprint density at radius 2 is 2.05 bits per heavy atom. The van der Waals surface area contributed by atoms with Crippen LogP contribution in [0.1, 0.15) is 28.9 Å². The van der Waals surface area contributed by atoms with Crippen LogP contribution in [0.2, 0.25) is 0 Å². The summed E-state index contributed by atoms with van der Waals surface area (Å²) in [6, 6.07) is 7.51. The lowest BCUT2D eigenvalue weighted by Crippen LogP contribution is -2.48. The van der Waals surface area contributed by atoms with Gasteiger partial charge in [0.15, 0.2) is 0 Å². The quantitative estimate of drug-likeness (QED) is 0.872. The molecule has 1 atom stereocenters. The fraction of sp³-hybridized carbons (Fsp3) is 0.467. The maximum Gasteiger partial charge on any atom is 0.251 e. The molecule has 5 nitrogen and oxygen atoms in total. The highest BCUT2D eigenvalue weighted by molar-refractivity contribution is 5.94. The van der Waals surface area contributed by atoms with Crippen molar-refractivity contribution in [1.82, 2.24) is 15.1 Å². The third kappa shape index (κ3) is 2.99. The van der Waals surface area contributed by atoms with Crippen molar-refractivity contribution in [1.29, 1.82) is 0 Å². The zero-order valence-electron chi connectivity index (χ0n) is 12.2. The number of rotatable bonds is 2. The highest BCUT2D eigenvalue weighted by Crippen LogP contribution is 2.25. The third-order valence-corrected chi connectivity index (χ3v) is 3.75. The van der Waals surface area contributed by atoms with Crippen LogP contribution in [0.25, 0.3) is 0 Å². The smallest absolute Gasteiger partial charge is 0.251 e. The second-order valence-corrected chi connectivity index (χ2v) is 5.20. The summed E-state index contributed by atoms with van der Waals surface area (Å²) < 4.78 is 0. The van der Waals surface area contributed by atoms with Gasteiger partial charge in [0.1, 0.15) is 0 Å². The Balaban J connectivity index is 2.31. The van der Waals surface area contributed by atoms with Gasteiger partial charge in [0, 0.05) is 39.2 Å². The molecule has 0 aromatic heterocycles. The van der Waals surface area contributed by atoms with Gasteiger partial charge in [-0.3, -0.25) is 9.59 Å². The molecule has 1 aliphatic heterocycles. The molecule has 0 aliphatic carbocycles. The van der Waals surface area contributed by atoms with Crippen molar-refractivity contribution in [3.63, 3.8) is 0 Å². The van der Waals surface area contributed by atoms with Crippen LogP contribution in [0, 0.1) is 0 Å². The Hall–Kier alpha value is -1.88. The monoisotopic (exact) mass is 275 g/mol. The van der Waals surface area contributed by atoms with Crippen LogP contribution in [-0.2, 0) is 4.79 Å². The molecule has 108 valence electrons. The molecule has 2 rings (SSSR count). The van der Waals surface area contributed by atoms with Gasteiger partial charge in [0.25, 0.3) is 5.91 Å². The first kappa shape index (κ1) is 14.5. The number of piperazine rings is 1. The predicted octanol–water partition coefficient (Wildman–Crippen LogP) is 0.881. The van der Waals surface area contributed by atoms with Crippen molar-refractivity contribution < 1.29 is 9.59 Å². The first-order valence-corrected chi connectivity index (χ1v) is 6.80. The van der Waals surface area contributed by atoms with E-state index < -0.39 is 0 Å². The van der Waals surface area contributed by atoms with Gasteiger partial charge < -0.3 is 15.1 Å². The maximum atomic E-state index is 11.8. The first-order valence-electron chi connectivity index (χ1n) is 6.80. The minimum atomic E-state index is -0.106. The molecule has 1 heterocycles. The van der Waals surface area contributed by atoms with Gasteiger partial charge in [-0.2, -0.15) is 0 Å². The Kier molecular flexibility index (Phi) is 4.39. The van der Waals surface area contributed by atoms with Crippen LogP contribution < -0.4 is 5.32 Å². The molecule has 0 bridgehead atoms. The van der Waals surface area contributed by atoms with E-state index in [0.717, 1.165) is 25.2 Å². The molecule has 2 amide bonds. The number of carbonyl (C=O) groups excluding carboxylic acids is 2. The number of hydrogen-bond donors (Lipinski definition) is 1. The van der Waals surface area contributed by atoms with Crippen molar-refractivity contribution in [2.45, 2.75) is 13.0 Å². The molecule has 20 heavy (non-hydrogen) atoms. The largest absolute Gasteiger partial charge is 0.355 e. The Bertz CT molecular complexity index is 516. The van der Waals surface area contributed by atoms with E-state index in [1.807, 2.05) is 30.1 Å². The van der Waals surface area contributed by atoms with Crippen molar-refractivity contribution in [3.8, 4) is 0 Å². The van der Waals surface area contributed by atoms with E-state index in [-0.39, 0.29) is 17.9 Å². The Labute approximate surface area is 119 Å². The van der Waals surface area contributed by atoms with E-state index in [4.69, 9.17) is 0 Å². The zero-order chi connectivity index (χ0) is 14.7. The van der Waals surface area contributed by atoms with E-state index in [2.05, 4.69) is 10.2 Å². The van der Waals surface area contributed by atoms with Crippen molar-refractivity contribution in [2.24, 2.45) is 0 Å². The van der Waals surface area contributed by atoms with Crippen LogP contribution >= 0.6 is 0 Å². The lowest BCUT2D eigenvalue weighted by Gasteiger charge is -2.40. The van der Waals surface area contributed by atoms with Crippen LogP contribution in [0.15, 0.2) is 24.3 Å². The van der Waals surface area contributed by atoms with Gasteiger partial charge >= 0.3 is 0 Å². The highest BCUT2D eigenvalue weighted by Gasteiger charge is 2.28. The summed E-state index contributed by atoms with van der Waals surface area (Å²) in [6.07, 6.45) is 0. The molecule has 1 N–H and O–H groups in total. The number of hydrogen-bond acceptors (Lipinski definition) is 3. The predicted molar refractivity (Wildman–Crippen MR) is 77.5 cm³/mol. The first-order chi connectivity index (χ1) is 9.52. The maximum absolute atomic E-state index is 11.8. The molecule has 1 fully saturated rings. The molecule has 0 saturated carbocycles. The molecule has 0 spiro atoms. The Morgan fingerprint density at radius 1 is 1.30 bits per heavy atom. The lowest BCUT2D eigenvalue weighted by molar-refractivity contribution is -0.133. The van der Waals surface area contributed by atoms with Gasteiger partial charge in [-0.05, 0) is 24.7 Å². The van der Waals surface area contributed by atoms with Crippen molar-refractivity contribution in [3.05, 3.63) is 35.4 Å². The molecular formula is C15H21N3O2. The Morgan fingerprint density at radius 3 is 2.70 bits per heavy atom. The fourth-order valence-corrected chi connectivity index (χ4v) is 2.61. The van der Waals surface area contributed by atoms with E-state index in [0.29, 0.717) is 5.56 Å². The van der Waals surface area contributed by atoms with Gasteiger partial charge in [0.05, 0.1) is 6.04 Å². The third-order valence-electron chi connectivity index (χ3n) is 3.75. The summed E-state index contributed by atoms with van der Waals surface area (Å²) in [6.45, 7) is 3.99. The van der Waals surface area contributed by atoms with Gasteiger partial charge in [-0.25, -0.2) is 0 Å². The van der Waals surface area contributed by atoms with Crippen LogP contribution in [-0.4, -0.2) is 55.3 Å². The number of carbonyl (C=O) groups is 2. The molecule has 1 unspecified atom stereocenters. The summed E-state index contributed by atoms with van der Waals surface area (Å²) in [5.74, 6) is -0.0289. The fourth-order valence-electron chi connectivity index (χ4n) is 2.61. The van der Waals surface area contributed by atoms with Crippen molar-refractivity contribution in [2.75, 3.05) is 33.7 Å². The molecule has 1 aromatic rings. The van der Waals surface area contributed by atoms with Gasteiger partial charge in [0.2, 0.25) is 5.91 Å². The summed E-state index contributed by atoms with van der Waals surface area (Å²) in [5, 5.41) is 2.62. The minimum Gasteiger partial charge on any atom is -0.355 e. The molecule has 1 aromatic carbocycles.